The number of hydrogen-bond acceptors (Lipinski definition) is 3. The second-order valence-electron chi connectivity index (χ2n) is 4.37. The van der Waals surface area contributed by atoms with Crippen molar-refractivity contribution in [2.75, 3.05) is 0 Å². The monoisotopic (exact) mass is 241 g/mol. The van der Waals surface area contributed by atoms with Crippen molar-refractivity contribution < 1.29 is 0 Å². The van der Waals surface area contributed by atoms with Crippen molar-refractivity contribution in [1.82, 2.24) is 14.5 Å². The molecular formula is C13H11N3O2. The van der Waals surface area contributed by atoms with E-state index in [1.54, 1.807) is 17.7 Å². The summed E-state index contributed by atoms with van der Waals surface area (Å²) in [4.78, 5) is 29.1. The lowest BCUT2D eigenvalue weighted by Gasteiger charge is -2.13. The number of nitrogens with zero attached hydrogens (tertiary/aromatic N) is 2. The lowest BCUT2D eigenvalue weighted by molar-refractivity contribution is 0.887. The maximum Gasteiger partial charge on any atom is 0.349 e. The van der Waals surface area contributed by atoms with Crippen LogP contribution in [0.25, 0.3) is 22.3 Å². The van der Waals surface area contributed by atoms with Crippen molar-refractivity contribution in [1.29, 1.82) is 0 Å². The highest BCUT2D eigenvalue weighted by molar-refractivity contribution is 5.85. The second-order valence-corrected chi connectivity index (χ2v) is 4.37. The van der Waals surface area contributed by atoms with E-state index in [0.29, 0.717) is 11.4 Å². The molecule has 1 N–H and O–H groups in total. The van der Waals surface area contributed by atoms with Crippen molar-refractivity contribution >= 4 is 10.9 Å². The summed E-state index contributed by atoms with van der Waals surface area (Å²) >= 11 is 0. The molecule has 1 aromatic carbocycles. The maximum absolute atomic E-state index is 11.8. The Morgan fingerprint density at radius 3 is 2.78 bits per heavy atom. The number of aromatic amines is 1. The predicted molar refractivity (Wildman–Crippen MR) is 69.0 cm³/mol. The minimum Gasteiger partial charge on any atom is -0.328 e. The van der Waals surface area contributed by atoms with Crippen LogP contribution in [0.2, 0.25) is 0 Å². The summed E-state index contributed by atoms with van der Waals surface area (Å²) < 4.78 is 1.76. The van der Waals surface area contributed by atoms with E-state index < -0.39 is 11.2 Å². The summed E-state index contributed by atoms with van der Waals surface area (Å²) in [6.07, 6.45) is 0. The van der Waals surface area contributed by atoms with Gasteiger partial charge in [0.2, 0.25) is 0 Å². The number of rotatable bonds is 0. The number of pyridine rings is 1. The quantitative estimate of drug-likeness (QED) is 0.598. The second kappa shape index (κ2) is 3.53. The molecule has 0 amide bonds. The highest BCUT2D eigenvalue weighted by Crippen LogP contribution is 2.23. The fraction of sp³-hybridized carbons (Fsp3) is 0.154. The first-order valence-corrected chi connectivity index (χ1v) is 5.57. The van der Waals surface area contributed by atoms with Crippen LogP contribution in [0.15, 0.2) is 33.9 Å². The van der Waals surface area contributed by atoms with E-state index in [-0.39, 0.29) is 0 Å². The van der Waals surface area contributed by atoms with Gasteiger partial charge in [-0.15, -0.1) is 0 Å². The van der Waals surface area contributed by atoms with Crippen LogP contribution in [0.3, 0.4) is 0 Å². The number of hydrogen-bond donors (Lipinski definition) is 1. The smallest absolute Gasteiger partial charge is 0.328 e. The van der Waals surface area contributed by atoms with Crippen LogP contribution in [0.1, 0.15) is 5.56 Å². The van der Waals surface area contributed by atoms with Crippen LogP contribution in [-0.4, -0.2) is 14.5 Å². The lowest BCUT2D eigenvalue weighted by Crippen LogP contribution is -2.27. The van der Waals surface area contributed by atoms with Gasteiger partial charge in [0.05, 0.1) is 5.56 Å². The molecule has 0 unspecified atom stereocenters. The Hall–Kier alpha value is -2.43. The molecule has 2 aliphatic rings. The molecule has 90 valence electrons. The number of fused-ring (bicyclic) bond motifs is 2. The molecule has 1 aromatic rings. The van der Waals surface area contributed by atoms with Crippen LogP contribution in [-0.2, 0) is 7.05 Å². The van der Waals surface area contributed by atoms with Crippen LogP contribution in [0.5, 0.6) is 0 Å². The molecule has 0 bridgehead atoms. The Kier molecular flexibility index (Phi) is 2.10. The number of aryl methyl sites for hydroxylation is 2. The van der Waals surface area contributed by atoms with Crippen molar-refractivity contribution in [2.45, 2.75) is 6.92 Å². The minimum absolute atomic E-state index is 0.399. The van der Waals surface area contributed by atoms with Gasteiger partial charge < -0.3 is 4.57 Å². The van der Waals surface area contributed by atoms with Gasteiger partial charge in [0.25, 0.3) is 5.56 Å². The molecule has 18 heavy (non-hydrogen) atoms. The summed E-state index contributed by atoms with van der Waals surface area (Å²) in [5.74, 6) is 0.403. The SMILES string of the molecule is Cc1ccc2c(c1)cc1c(=O)[nH]c(=O)nc-1n2C. The molecular weight excluding hydrogens is 230 g/mol. The number of H-pyrrole nitrogens is 1. The molecule has 0 saturated heterocycles. The van der Waals surface area contributed by atoms with Crippen LogP contribution in [0.4, 0.5) is 0 Å². The fourth-order valence-electron chi connectivity index (χ4n) is 2.20. The first-order chi connectivity index (χ1) is 8.56. The molecule has 0 fully saturated rings. The molecule has 0 radical (unpaired) electrons. The maximum atomic E-state index is 11.8. The number of benzene rings is 1. The fourth-order valence-corrected chi connectivity index (χ4v) is 2.20. The van der Waals surface area contributed by atoms with E-state index in [4.69, 9.17) is 0 Å². The Balaban J connectivity index is 2.61. The van der Waals surface area contributed by atoms with E-state index >= 15 is 0 Å². The largest absolute Gasteiger partial charge is 0.349 e. The van der Waals surface area contributed by atoms with E-state index in [0.717, 1.165) is 16.5 Å². The van der Waals surface area contributed by atoms with Crippen LogP contribution in [0, 0.1) is 6.92 Å². The lowest BCUT2D eigenvalue weighted by atomic mass is 10.1. The molecule has 0 spiro atoms. The van der Waals surface area contributed by atoms with Crippen molar-refractivity contribution in [3.63, 3.8) is 0 Å². The van der Waals surface area contributed by atoms with Crippen molar-refractivity contribution in [3.05, 3.63) is 50.7 Å². The Morgan fingerprint density at radius 2 is 2.00 bits per heavy atom. The summed E-state index contributed by atoms with van der Waals surface area (Å²) in [5, 5.41) is 0.955. The highest BCUT2D eigenvalue weighted by Gasteiger charge is 2.14. The van der Waals surface area contributed by atoms with Gasteiger partial charge in [0.1, 0.15) is 0 Å². The first-order valence-electron chi connectivity index (χ1n) is 5.57. The third-order valence-electron chi connectivity index (χ3n) is 3.08. The summed E-state index contributed by atoms with van der Waals surface area (Å²) in [7, 11) is 1.80. The Labute approximate surface area is 102 Å². The summed E-state index contributed by atoms with van der Waals surface area (Å²) in [6, 6.07) is 7.71. The van der Waals surface area contributed by atoms with Gasteiger partial charge in [-0.05, 0) is 30.5 Å². The van der Waals surface area contributed by atoms with E-state index in [1.807, 2.05) is 25.1 Å². The molecule has 0 aliphatic carbocycles. The normalized spacial score (nSPS) is 11.2. The molecule has 0 atom stereocenters. The van der Waals surface area contributed by atoms with E-state index in [2.05, 4.69) is 9.97 Å². The highest BCUT2D eigenvalue weighted by atomic mass is 16.2. The summed E-state index contributed by atoms with van der Waals surface area (Å²) in [6.45, 7) is 1.99. The van der Waals surface area contributed by atoms with Crippen LogP contribution < -0.4 is 11.2 Å². The zero-order valence-corrected chi connectivity index (χ0v) is 10.0. The van der Waals surface area contributed by atoms with Gasteiger partial charge in [0, 0.05) is 12.6 Å². The third-order valence-corrected chi connectivity index (χ3v) is 3.08. The van der Waals surface area contributed by atoms with Gasteiger partial charge in [0.15, 0.2) is 5.82 Å². The Bertz CT molecular complexity index is 845. The zero-order chi connectivity index (χ0) is 12.9. The van der Waals surface area contributed by atoms with Gasteiger partial charge in [-0.1, -0.05) is 11.6 Å². The van der Waals surface area contributed by atoms with Gasteiger partial charge >= 0.3 is 5.69 Å². The minimum atomic E-state index is -0.616. The van der Waals surface area contributed by atoms with Gasteiger partial charge in [-0.2, -0.15) is 4.98 Å². The zero-order valence-electron chi connectivity index (χ0n) is 10.0. The molecule has 2 heterocycles. The topological polar surface area (TPSA) is 67.8 Å². The van der Waals surface area contributed by atoms with Gasteiger partial charge in [-0.25, -0.2) is 4.79 Å². The van der Waals surface area contributed by atoms with Gasteiger partial charge in [-0.3, -0.25) is 9.78 Å². The number of nitrogens with one attached hydrogen (secondary N) is 1. The molecule has 5 nitrogen and oxygen atoms in total. The molecule has 5 heteroatoms. The third kappa shape index (κ3) is 1.44. The molecule has 2 aliphatic heterocycles. The molecule has 0 aromatic heterocycles. The standard InChI is InChI=1S/C13H11N3O2/c1-7-3-4-10-8(5-7)6-9-11(16(10)2)14-13(18)15-12(9)17/h3-6H,1-2H3,(H,15,17,18). The average Bonchev–Trinajstić information content (AvgIpc) is 2.31. The number of aromatic nitrogens is 3. The molecule has 3 rings (SSSR count). The van der Waals surface area contributed by atoms with Crippen LogP contribution >= 0.6 is 0 Å². The predicted octanol–water partition coefficient (Wildman–Crippen LogP) is 1.04. The van der Waals surface area contributed by atoms with Crippen molar-refractivity contribution in [2.24, 2.45) is 7.05 Å². The van der Waals surface area contributed by atoms with E-state index in [9.17, 15) is 9.59 Å². The first kappa shape index (κ1) is 10.7. The van der Waals surface area contributed by atoms with Crippen molar-refractivity contribution in [3.8, 4) is 11.4 Å². The average molecular weight is 241 g/mol. The van der Waals surface area contributed by atoms with E-state index in [1.165, 1.54) is 0 Å². The summed E-state index contributed by atoms with van der Waals surface area (Å²) in [5.41, 5.74) is 1.46. The molecule has 0 saturated carbocycles. The Morgan fingerprint density at radius 1 is 1.22 bits per heavy atom.